The first-order valence-corrected chi connectivity index (χ1v) is 6.38. The van der Waals surface area contributed by atoms with Crippen LogP contribution in [0.3, 0.4) is 0 Å². The third kappa shape index (κ3) is 3.32. The highest BCUT2D eigenvalue weighted by Gasteiger charge is 2.35. The molecule has 0 radical (unpaired) electrons. The Bertz CT molecular complexity index is 345. The maximum absolute atomic E-state index is 12.1. The standard InChI is InChI=1S/C15H22O2/c1-4-6-12-15(3,14(16)17-5-2)13-10-8-7-9-11-13/h7-11H,4-6,12H2,1-3H3. The number of carbonyl (C=O) groups excluding carboxylic acids is 1. The van der Waals surface area contributed by atoms with E-state index in [-0.39, 0.29) is 5.97 Å². The fourth-order valence-corrected chi connectivity index (χ4v) is 1.99. The van der Waals surface area contributed by atoms with Gasteiger partial charge in [-0.05, 0) is 25.8 Å². The highest BCUT2D eigenvalue weighted by Crippen LogP contribution is 2.31. The van der Waals surface area contributed by atoms with Gasteiger partial charge in [0.15, 0.2) is 0 Å². The molecule has 94 valence electrons. The lowest BCUT2D eigenvalue weighted by Crippen LogP contribution is -2.34. The molecule has 2 heteroatoms. The van der Waals surface area contributed by atoms with E-state index in [4.69, 9.17) is 4.74 Å². The summed E-state index contributed by atoms with van der Waals surface area (Å²) in [5.74, 6) is -0.111. The predicted octanol–water partition coefficient (Wildman–Crippen LogP) is 3.70. The van der Waals surface area contributed by atoms with Crippen LogP contribution in [0.15, 0.2) is 30.3 Å². The van der Waals surface area contributed by atoms with Crippen LogP contribution in [-0.2, 0) is 14.9 Å². The van der Waals surface area contributed by atoms with Gasteiger partial charge in [0.2, 0.25) is 0 Å². The summed E-state index contributed by atoms with van der Waals surface area (Å²) in [5, 5.41) is 0. The van der Waals surface area contributed by atoms with E-state index in [0.29, 0.717) is 6.61 Å². The fraction of sp³-hybridized carbons (Fsp3) is 0.533. The normalized spacial score (nSPS) is 14.1. The van der Waals surface area contributed by atoms with Gasteiger partial charge in [0, 0.05) is 0 Å². The van der Waals surface area contributed by atoms with Crippen LogP contribution in [-0.4, -0.2) is 12.6 Å². The molecule has 2 nitrogen and oxygen atoms in total. The molecule has 0 bridgehead atoms. The van der Waals surface area contributed by atoms with E-state index in [9.17, 15) is 4.79 Å². The molecule has 1 rings (SSSR count). The second-order valence-corrected chi connectivity index (χ2v) is 4.52. The van der Waals surface area contributed by atoms with Crippen LogP contribution in [0.4, 0.5) is 0 Å². The van der Waals surface area contributed by atoms with E-state index in [2.05, 4.69) is 6.92 Å². The van der Waals surface area contributed by atoms with Crippen molar-refractivity contribution in [1.29, 1.82) is 0 Å². The minimum Gasteiger partial charge on any atom is -0.465 e. The van der Waals surface area contributed by atoms with Crippen molar-refractivity contribution in [2.75, 3.05) is 6.61 Å². The molecule has 0 saturated carbocycles. The van der Waals surface area contributed by atoms with E-state index in [1.807, 2.05) is 44.2 Å². The topological polar surface area (TPSA) is 26.3 Å². The molecule has 1 unspecified atom stereocenters. The summed E-state index contributed by atoms with van der Waals surface area (Å²) >= 11 is 0. The van der Waals surface area contributed by atoms with Crippen molar-refractivity contribution in [2.45, 2.75) is 45.4 Å². The van der Waals surface area contributed by atoms with Gasteiger partial charge >= 0.3 is 5.97 Å². The molecular formula is C15H22O2. The maximum atomic E-state index is 12.1. The lowest BCUT2D eigenvalue weighted by molar-refractivity contribution is -0.149. The zero-order chi connectivity index (χ0) is 12.7. The molecule has 0 amide bonds. The SMILES string of the molecule is CCCCC(C)(C(=O)OCC)c1ccccc1. The molecule has 0 heterocycles. The number of rotatable bonds is 6. The van der Waals surface area contributed by atoms with E-state index in [1.54, 1.807) is 0 Å². The molecule has 0 aliphatic rings. The monoisotopic (exact) mass is 234 g/mol. The summed E-state index contributed by atoms with van der Waals surface area (Å²) < 4.78 is 5.22. The number of unbranched alkanes of at least 4 members (excludes halogenated alkanes) is 1. The molecule has 0 saturated heterocycles. The zero-order valence-corrected chi connectivity index (χ0v) is 11.0. The Morgan fingerprint density at radius 1 is 1.24 bits per heavy atom. The van der Waals surface area contributed by atoms with Gasteiger partial charge in [0.25, 0.3) is 0 Å². The molecule has 0 aliphatic carbocycles. The molecule has 0 spiro atoms. The fourth-order valence-electron chi connectivity index (χ4n) is 1.99. The second-order valence-electron chi connectivity index (χ2n) is 4.52. The predicted molar refractivity (Wildman–Crippen MR) is 70.0 cm³/mol. The van der Waals surface area contributed by atoms with E-state index in [0.717, 1.165) is 24.8 Å². The molecule has 1 atom stereocenters. The minimum absolute atomic E-state index is 0.111. The molecule has 1 aromatic rings. The van der Waals surface area contributed by atoms with E-state index >= 15 is 0 Å². The summed E-state index contributed by atoms with van der Waals surface area (Å²) in [6.45, 7) is 6.41. The summed E-state index contributed by atoms with van der Waals surface area (Å²) in [4.78, 5) is 12.1. The van der Waals surface area contributed by atoms with Gasteiger partial charge in [-0.25, -0.2) is 0 Å². The Balaban J connectivity index is 2.97. The number of benzene rings is 1. The average Bonchev–Trinajstić information content (AvgIpc) is 2.37. The van der Waals surface area contributed by atoms with Gasteiger partial charge in [0.1, 0.15) is 0 Å². The number of carbonyl (C=O) groups is 1. The molecule has 0 fully saturated rings. The van der Waals surface area contributed by atoms with Gasteiger partial charge in [-0.15, -0.1) is 0 Å². The lowest BCUT2D eigenvalue weighted by atomic mass is 9.78. The van der Waals surface area contributed by atoms with Crippen molar-refractivity contribution in [2.24, 2.45) is 0 Å². The Labute approximate surface area is 104 Å². The van der Waals surface area contributed by atoms with Crippen molar-refractivity contribution in [1.82, 2.24) is 0 Å². The Morgan fingerprint density at radius 3 is 2.41 bits per heavy atom. The summed E-state index contributed by atoms with van der Waals surface area (Å²) in [6, 6.07) is 9.92. The molecule has 0 aromatic heterocycles. The Kier molecular flexibility index (Phi) is 5.20. The Hall–Kier alpha value is -1.31. The summed E-state index contributed by atoms with van der Waals surface area (Å²) in [6.07, 6.45) is 2.96. The third-order valence-corrected chi connectivity index (χ3v) is 3.17. The number of hydrogen-bond donors (Lipinski definition) is 0. The maximum Gasteiger partial charge on any atom is 0.316 e. The van der Waals surface area contributed by atoms with Gasteiger partial charge < -0.3 is 4.74 Å². The van der Waals surface area contributed by atoms with Gasteiger partial charge in [-0.3, -0.25) is 4.79 Å². The first-order valence-electron chi connectivity index (χ1n) is 6.38. The number of ether oxygens (including phenoxy) is 1. The van der Waals surface area contributed by atoms with E-state index < -0.39 is 5.41 Å². The largest absolute Gasteiger partial charge is 0.465 e. The van der Waals surface area contributed by atoms with Crippen LogP contribution >= 0.6 is 0 Å². The minimum atomic E-state index is -0.507. The molecule has 1 aromatic carbocycles. The Morgan fingerprint density at radius 2 is 1.88 bits per heavy atom. The highest BCUT2D eigenvalue weighted by atomic mass is 16.5. The van der Waals surface area contributed by atoms with Crippen LogP contribution in [0, 0.1) is 0 Å². The highest BCUT2D eigenvalue weighted by molar-refractivity contribution is 5.82. The van der Waals surface area contributed by atoms with Crippen LogP contribution in [0.25, 0.3) is 0 Å². The molecule has 0 N–H and O–H groups in total. The first kappa shape index (κ1) is 13.8. The average molecular weight is 234 g/mol. The van der Waals surface area contributed by atoms with Crippen molar-refractivity contribution >= 4 is 5.97 Å². The van der Waals surface area contributed by atoms with E-state index in [1.165, 1.54) is 0 Å². The van der Waals surface area contributed by atoms with Crippen LogP contribution < -0.4 is 0 Å². The number of hydrogen-bond acceptors (Lipinski definition) is 2. The molecule has 17 heavy (non-hydrogen) atoms. The summed E-state index contributed by atoms with van der Waals surface area (Å²) in [7, 11) is 0. The van der Waals surface area contributed by atoms with Crippen LogP contribution in [0.2, 0.25) is 0 Å². The molecule has 0 aliphatic heterocycles. The van der Waals surface area contributed by atoms with Gasteiger partial charge in [-0.2, -0.15) is 0 Å². The smallest absolute Gasteiger partial charge is 0.316 e. The van der Waals surface area contributed by atoms with Crippen molar-refractivity contribution in [3.8, 4) is 0 Å². The number of esters is 1. The summed E-state index contributed by atoms with van der Waals surface area (Å²) in [5.41, 5.74) is 0.541. The van der Waals surface area contributed by atoms with Crippen molar-refractivity contribution in [3.63, 3.8) is 0 Å². The van der Waals surface area contributed by atoms with Gasteiger partial charge in [-0.1, -0.05) is 50.1 Å². The van der Waals surface area contributed by atoms with Gasteiger partial charge in [0.05, 0.1) is 12.0 Å². The quantitative estimate of drug-likeness (QED) is 0.701. The first-order chi connectivity index (χ1) is 8.15. The second kappa shape index (κ2) is 6.43. The van der Waals surface area contributed by atoms with Crippen molar-refractivity contribution in [3.05, 3.63) is 35.9 Å². The third-order valence-electron chi connectivity index (χ3n) is 3.17. The zero-order valence-electron chi connectivity index (χ0n) is 11.0. The van der Waals surface area contributed by atoms with Crippen molar-refractivity contribution < 1.29 is 9.53 Å². The van der Waals surface area contributed by atoms with Crippen LogP contribution in [0.1, 0.15) is 45.6 Å². The van der Waals surface area contributed by atoms with Crippen LogP contribution in [0.5, 0.6) is 0 Å². The lowest BCUT2D eigenvalue weighted by Gasteiger charge is -2.27. The molecular weight excluding hydrogens is 212 g/mol.